The normalized spacial score (nSPS) is 11.5. The van der Waals surface area contributed by atoms with Gasteiger partial charge in [0.05, 0.1) is 5.03 Å². The lowest BCUT2D eigenvalue weighted by molar-refractivity contribution is 0.318. The molecule has 0 bridgehead atoms. The van der Waals surface area contributed by atoms with Crippen molar-refractivity contribution in [2.45, 2.75) is 10.8 Å². The van der Waals surface area contributed by atoms with Crippen LogP contribution in [-0.2, 0) is 5.75 Å². The maximum absolute atomic E-state index is 8.56. The molecule has 4 nitrogen and oxygen atoms in total. The van der Waals surface area contributed by atoms with Crippen molar-refractivity contribution in [1.82, 2.24) is 4.98 Å². The summed E-state index contributed by atoms with van der Waals surface area (Å²) in [7, 11) is 0. The second kappa shape index (κ2) is 6.45. The summed E-state index contributed by atoms with van der Waals surface area (Å²) in [6, 6.07) is 11.3. The van der Waals surface area contributed by atoms with Crippen molar-refractivity contribution < 1.29 is 5.21 Å². The van der Waals surface area contributed by atoms with Crippen LogP contribution in [0.1, 0.15) is 11.1 Å². The van der Waals surface area contributed by atoms with Crippen molar-refractivity contribution in [1.29, 1.82) is 0 Å². The van der Waals surface area contributed by atoms with Gasteiger partial charge >= 0.3 is 0 Å². The maximum atomic E-state index is 8.56. The summed E-state index contributed by atoms with van der Waals surface area (Å²) in [4.78, 5) is 4.24. The highest BCUT2D eigenvalue weighted by Crippen LogP contribution is 2.25. The minimum atomic E-state index is 0.0511. The second-order valence-corrected chi connectivity index (χ2v) is 5.15. The highest BCUT2D eigenvalue weighted by molar-refractivity contribution is 7.98. The molecular formula is C13H12ClN3OS. The number of hydrogen-bond donors (Lipinski definition) is 2. The number of aromatic nitrogens is 1. The molecule has 3 N–H and O–H groups in total. The first-order chi connectivity index (χ1) is 9.20. The van der Waals surface area contributed by atoms with Crippen LogP contribution in [0.25, 0.3) is 0 Å². The van der Waals surface area contributed by atoms with Crippen molar-refractivity contribution in [3.8, 4) is 0 Å². The number of hydrogen-bond acceptors (Lipinski definition) is 4. The van der Waals surface area contributed by atoms with Crippen LogP contribution in [0.3, 0.4) is 0 Å². The molecule has 1 aromatic carbocycles. The molecule has 0 saturated carbocycles. The average Bonchev–Trinajstić information content (AvgIpc) is 2.46. The second-order valence-electron chi connectivity index (χ2n) is 3.75. The Morgan fingerprint density at radius 3 is 2.74 bits per heavy atom. The van der Waals surface area contributed by atoms with Crippen molar-refractivity contribution in [2.24, 2.45) is 10.9 Å². The standard InChI is InChI=1S/C13H12ClN3OS/c14-11-4-2-1-3-10(11)8-19-12-6-5-9(7-16-12)13(15)17-18/h1-7,18H,8H2,(H2,15,17). The molecule has 6 heteroatoms. The van der Waals surface area contributed by atoms with Crippen LogP contribution >= 0.6 is 23.4 Å². The first-order valence-corrected chi connectivity index (χ1v) is 6.87. The van der Waals surface area contributed by atoms with E-state index in [1.807, 2.05) is 30.3 Å². The first-order valence-electron chi connectivity index (χ1n) is 5.51. The number of benzene rings is 1. The third-order valence-corrected chi connectivity index (χ3v) is 3.83. The van der Waals surface area contributed by atoms with Gasteiger partial charge in [-0.2, -0.15) is 0 Å². The highest BCUT2D eigenvalue weighted by Gasteiger charge is 2.03. The lowest BCUT2D eigenvalue weighted by Crippen LogP contribution is -2.13. The van der Waals surface area contributed by atoms with E-state index < -0.39 is 0 Å². The largest absolute Gasteiger partial charge is 0.409 e. The lowest BCUT2D eigenvalue weighted by Gasteiger charge is -2.04. The molecule has 19 heavy (non-hydrogen) atoms. The van der Waals surface area contributed by atoms with Crippen LogP contribution in [0.5, 0.6) is 0 Å². The van der Waals surface area contributed by atoms with Crippen molar-refractivity contribution >= 4 is 29.2 Å². The third kappa shape index (κ3) is 3.62. The molecule has 98 valence electrons. The predicted octanol–water partition coefficient (Wildman–Crippen LogP) is 3.12. The third-order valence-electron chi connectivity index (χ3n) is 2.47. The summed E-state index contributed by atoms with van der Waals surface area (Å²) in [6.45, 7) is 0. The molecule has 0 aliphatic rings. The number of rotatable bonds is 4. The molecule has 0 amide bonds. The molecule has 0 radical (unpaired) electrons. The van der Waals surface area contributed by atoms with E-state index in [9.17, 15) is 0 Å². The van der Waals surface area contributed by atoms with Crippen molar-refractivity contribution in [2.75, 3.05) is 0 Å². The van der Waals surface area contributed by atoms with Crippen LogP contribution in [0.2, 0.25) is 5.02 Å². The molecule has 1 aromatic heterocycles. The fourth-order valence-corrected chi connectivity index (χ4v) is 2.57. The van der Waals surface area contributed by atoms with Gasteiger partial charge in [-0.1, -0.05) is 35.0 Å². The summed E-state index contributed by atoms with van der Waals surface area (Å²) in [5, 5.41) is 13.1. The number of thioether (sulfide) groups is 1. The van der Waals surface area contributed by atoms with E-state index in [2.05, 4.69) is 10.1 Å². The van der Waals surface area contributed by atoms with Gasteiger partial charge < -0.3 is 10.9 Å². The first kappa shape index (κ1) is 13.7. The summed E-state index contributed by atoms with van der Waals surface area (Å²) in [5.74, 6) is 0.797. The lowest BCUT2D eigenvalue weighted by atomic mass is 10.2. The van der Waals surface area contributed by atoms with Gasteiger partial charge in [0.25, 0.3) is 0 Å². The smallest absolute Gasteiger partial charge is 0.171 e. The zero-order valence-corrected chi connectivity index (χ0v) is 11.5. The van der Waals surface area contributed by atoms with Gasteiger partial charge in [-0.3, -0.25) is 0 Å². The number of halogens is 1. The molecule has 1 heterocycles. The Labute approximate surface area is 120 Å². The van der Waals surface area contributed by atoms with Crippen LogP contribution in [0.15, 0.2) is 52.8 Å². The highest BCUT2D eigenvalue weighted by atomic mass is 35.5. The van der Waals surface area contributed by atoms with Crippen molar-refractivity contribution in [3.63, 3.8) is 0 Å². The molecule has 0 atom stereocenters. The molecule has 2 rings (SSSR count). The quantitative estimate of drug-likeness (QED) is 0.299. The van der Waals surface area contributed by atoms with E-state index in [-0.39, 0.29) is 5.84 Å². The number of pyridine rings is 1. The van der Waals surface area contributed by atoms with Gasteiger partial charge in [0.2, 0.25) is 0 Å². The van der Waals surface area contributed by atoms with Gasteiger partial charge in [0.15, 0.2) is 5.84 Å². The molecule has 0 spiro atoms. The molecule has 0 aliphatic heterocycles. The van der Waals surface area contributed by atoms with Gasteiger partial charge in [0.1, 0.15) is 0 Å². The van der Waals surface area contributed by atoms with E-state index >= 15 is 0 Å². The van der Waals surface area contributed by atoms with Gasteiger partial charge in [-0.05, 0) is 23.8 Å². The van der Waals surface area contributed by atoms with E-state index in [1.54, 1.807) is 24.0 Å². The Hall–Kier alpha value is -1.72. The number of amidine groups is 1. The molecule has 0 fully saturated rings. The summed E-state index contributed by atoms with van der Waals surface area (Å²) in [5.41, 5.74) is 7.12. The van der Waals surface area contributed by atoms with Gasteiger partial charge in [-0.15, -0.1) is 11.8 Å². The van der Waals surface area contributed by atoms with Crippen molar-refractivity contribution in [3.05, 3.63) is 58.7 Å². The van der Waals surface area contributed by atoms with Gasteiger partial charge in [-0.25, -0.2) is 4.98 Å². The van der Waals surface area contributed by atoms with Crippen LogP contribution in [0.4, 0.5) is 0 Å². The zero-order valence-electron chi connectivity index (χ0n) is 9.95. The van der Waals surface area contributed by atoms with E-state index in [1.165, 1.54) is 0 Å². The number of nitrogens with zero attached hydrogens (tertiary/aromatic N) is 2. The Bertz CT molecular complexity index is 587. The molecule has 0 saturated heterocycles. The molecule has 0 aliphatic carbocycles. The summed E-state index contributed by atoms with van der Waals surface area (Å²) >= 11 is 7.66. The van der Waals surface area contributed by atoms with E-state index in [4.69, 9.17) is 22.5 Å². The summed E-state index contributed by atoms with van der Waals surface area (Å²) in [6.07, 6.45) is 1.57. The average molecular weight is 294 g/mol. The number of oxime groups is 1. The maximum Gasteiger partial charge on any atom is 0.171 e. The Balaban J connectivity index is 2.03. The summed E-state index contributed by atoms with van der Waals surface area (Å²) < 4.78 is 0. The fraction of sp³-hybridized carbons (Fsp3) is 0.0769. The minimum absolute atomic E-state index is 0.0511. The van der Waals surface area contributed by atoms with Crippen LogP contribution in [-0.4, -0.2) is 16.0 Å². The monoisotopic (exact) mass is 293 g/mol. The van der Waals surface area contributed by atoms with E-state index in [0.29, 0.717) is 5.56 Å². The van der Waals surface area contributed by atoms with E-state index in [0.717, 1.165) is 21.4 Å². The Morgan fingerprint density at radius 1 is 1.32 bits per heavy atom. The molecule has 2 aromatic rings. The van der Waals surface area contributed by atoms with Gasteiger partial charge in [0, 0.05) is 22.5 Å². The predicted molar refractivity (Wildman–Crippen MR) is 77.8 cm³/mol. The zero-order chi connectivity index (χ0) is 13.7. The minimum Gasteiger partial charge on any atom is -0.409 e. The molecular weight excluding hydrogens is 282 g/mol. The topological polar surface area (TPSA) is 71.5 Å². The SMILES string of the molecule is N/C(=N/O)c1ccc(SCc2ccccc2Cl)nc1. The van der Waals surface area contributed by atoms with Crippen LogP contribution < -0.4 is 5.73 Å². The number of nitrogens with two attached hydrogens (primary N) is 1. The Kier molecular flexibility index (Phi) is 4.65. The fourth-order valence-electron chi connectivity index (χ4n) is 1.44. The van der Waals surface area contributed by atoms with Crippen LogP contribution in [0, 0.1) is 0 Å². The Morgan fingerprint density at radius 2 is 2.11 bits per heavy atom. The molecule has 0 unspecified atom stereocenters.